The van der Waals surface area contributed by atoms with Crippen molar-refractivity contribution in [1.82, 2.24) is 0 Å². The number of para-hydroxylation sites is 2. The minimum atomic E-state index is -0.510. The van der Waals surface area contributed by atoms with E-state index in [0.717, 1.165) is 5.56 Å². The number of ether oxygens (including phenoxy) is 3. The number of esters is 1. The summed E-state index contributed by atoms with van der Waals surface area (Å²) in [4.78, 5) is 25.1. The van der Waals surface area contributed by atoms with Crippen LogP contribution in [0.3, 0.4) is 0 Å². The molecule has 0 atom stereocenters. The molecule has 2 aromatic carbocycles. The molecule has 0 bridgehead atoms. The molecule has 30 heavy (non-hydrogen) atoms. The Morgan fingerprint density at radius 2 is 1.77 bits per heavy atom. The molecular formula is C22H20ClNO5S. The van der Waals surface area contributed by atoms with Crippen molar-refractivity contribution in [3.05, 3.63) is 64.5 Å². The number of amides is 1. The van der Waals surface area contributed by atoms with Crippen molar-refractivity contribution in [2.24, 2.45) is 0 Å². The standard InChI is InChI=1S/C22H20ClNO5S/c1-3-28-22(26)20-16(14-8-10-15(23)11-9-14)13-30-21(20)24-19(25)12-29-18-7-5-4-6-17(18)27-2/h4-11,13H,3,12H2,1-2H3,(H,24,25). The van der Waals surface area contributed by atoms with Gasteiger partial charge in [0, 0.05) is 16.0 Å². The molecule has 1 N–H and O–H groups in total. The van der Waals surface area contributed by atoms with Crippen molar-refractivity contribution < 1.29 is 23.8 Å². The molecule has 0 unspecified atom stereocenters. The number of carbonyl (C=O) groups is 2. The second-order valence-corrected chi connectivity index (χ2v) is 7.38. The fourth-order valence-electron chi connectivity index (χ4n) is 2.74. The van der Waals surface area contributed by atoms with Crippen molar-refractivity contribution in [3.8, 4) is 22.6 Å². The quantitative estimate of drug-likeness (QED) is 0.478. The van der Waals surface area contributed by atoms with Gasteiger partial charge < -0.3 is 19.5 Å². The molecule has 156 valence electrons. The number of hydrogen-bond donors (Lipinski definition) is 1. The van der Waals surface area contributed by atoms with Crippen LogP contribution in [0.15, 0.2) is 53.9 Å². The summed E-state index contributed by atoms with van der Waals surface area (Å²) in [5, 5.41) is 5.53. The van der Waals surface area contributed by atoms with Gasteiger partial charge in [-0.2, -0.15) is 0 Å². The largest absolute Gasteiger partial charge is 0.493 e. The van der Waals surface area contributed by atoms with Crippen LogP contribution in [0.5, 0.6) is 11.5 Å². The molecule has 6 nitrogen and oxygen atoms in total. The van der Waals surface area contributed by atoms with E-state index in [1.165, 1.54) is 18.4 Å². The van der Waals surface area contributed by atoms with E-state index in [1.807, 2.05) is 12.1 Å². The predicted molar refractivity (Wildman–Crippen MR) is 118 cm³/mol. The zero-order chi connectivity index (χ0) is 21.5. The van der Waals surface area contributed by atoms with Crippen LogP contribution in [0, 0.1) is 0 Å². The summed E-state index contributed by atoms with van der Waals surface area (Å²) in [7, 11) is 1.53. The molecule has 0 aliphatic rings. The highest BCUT2D eigenvalue weighted by atomic mass is 35.5. The van der Waals surface area contributed by atoms with Crippen LogP contribution in [-0.2, 0) is 9.53 Å². The SMILES string of the molecule is CCOC(=O)c1c(-c2ccc(Cl)cc2)csc1NC(=O)COc1ccccc1OC. The summed E-state index contributed by atoms with van der Waals surface area (Å²) in [6.07, 6.45) is 0. The van der Waals surface area contributed by atoms with Crippen molar-refractivity contribution in [2.75, 3.05) is 25.6 Å². The molecule has 8 heteroatoms. The van der Waals surface area contributed by atoms with Gasteiger partial charge in [0.15, 0.2) is 18.1 Å². The first kappa shape index (κ1) is 21.7. The van der Waals surface area contributed by atoms with Gasteiger partial charge in [-0.3, -0.25) is 4.79 Å². The molecule has 0 radical (unpaired) electrons. The molecule has 1 aromatic heterocycles. The number of halogens is 1. The summed E-state index contributed by atoms with van der Waals surface area (Å²) in [5.74, 6) is 0.0630. The first-order valence-electron chi connectivity index (χ1n) is 9.13. The number of methoxy groups -OCH3 is 1. The van der Waals surface area contributed by atoms with Crippen LogP contribution in [0.2, 0.25) is 5.02 Å². The number of benzene rings is 2. The lowest BCUT2D eigenvalue weighted by Gasteiger charge is -2.11. The zero-order valence-electron chi connectivity index (χ0n) is 16.4. The van der Waals surface area contributed by atoms with E-state index < -0.39 is 11.9 Å². The first-order chi connectivity index (χ1) is 14.5. The predicted octanol–water partition coefficient (Wildman–Crippen LogP) is 5.27. The molecule has 0 spiro atoms. The summed E-state index contributed by atoms with van der Waals surface area (Å²) in [6.45, 7) is 1.71. The van der Waals surface area contributed by atoms with Gasteiger partial charge in [0.25, 0.3) is 5.91 Å². The highest BCUT2D eigenvalue weighted by Crippen LogP contribution is 2.36. The van der Waals surface area contributed by atoms with Gasteiger partial charge in [-0.25, -0.2) is 4.79 Å². The fraction of sp³-hybridized carbons (Fsp3) is 0.182. The number of anilines is 1. The molecule has 1 heterocycles. The van der Waals surface area contributed by atoms with E-state index in [9.17, 15) is 9.59 Å². The third kappa shape index (κ3) is 5.11. The number of carbonyl (C=O) groups excluding carboxylic acids is 2. The molecule has 0 fully saturated rings. The second-order valence-electron chi connectivity index (χ2n) is 6.07. The Balaban J connectivity index is 1.80. The molecule has 0 saturated heterocycles. The van der Waals surface area contributed by atoms with Crippen molar-refractivity contribution >= 4 is 39.8 Å². The van der Waals surface area contributed by atoms with Crippen molar-refractivity contribution in [2.45, 2.75) is 6.92 Å². The van der Waals surface area contributed by atoms with E-state index in [-0.39, 0.29) is 13.2 Å². The monoisotopic (exact) mass is 445 g/mol. The number of rotatable bonds is 8. The van der Waals surface area contributed by atoms with Crippen molar-refractivity contribution in [3.63, 3.8) is 0 Å². The van der Waals surface area contributed by atoms with Gasteiger partial charge in [0.1, 0.15) is 10.6 Å². The van der Waals surface area contributed by atoms with Gasteiger partial charge >= 0.3 is 5.97 Å². The van der Waals surface area contributed by atoms with Gasteiger partial charge in [0.2, 0.25) is 0 Å². The first-order valence-corrected chi connectivity index (χ1v) is 10.4. The summed E-state index contributed by atoms with van der Waals surface area (Å²) >= 11 is 7.20. The third-order valence-corrected chi connectivity index (χ3v) is 5.25. The smallest absolute Gasteiger partial charge is 0.341 e. The molecular weight excluding hydrogens is 426 g/mol. The average molecular weight is 446 g/mol. The fourth-order valence-corrected chi connectivity index (χ4v) is 3.84. The zero-order valence-corrected chi connectivity index (χ0v) is 18.0. The van der Waals surface area contributed by atoms with E-state index >= 15 is 0 Å². The van der Waals surface area contributed by atoms with Gasteiger partial charge in [0.05, 0.1) is 13.7 Å². The van der Waals surface area contributed by atoms with Crippen molar-refractivity contribution in [1.29, 1.82) is 0 Å². The lowest BCUT2D eigenvalue weighted by Crippen LogP contribution is -2.21. The second kappa shape index (κ2) is 10.1. The maximum atomic E-state index is 12.6. The van der Waals surface area contributed by atoms with E-state index in [0.29, 0.717) is 32.6 Å². The van der Waals surface area contributed by atoms with Gasteiger partial charge in [-0.1, -0.05) is 35.9 Å². The van der Waals surface area contributed by atoms with E-state index in [1.54, 1.807) is 48.7 Å². The third-order valence-electron chi connectivity index (χ3n) is 4.11. The van der Waals surface area contributed by atoms with Gasteiger partial charge in [-0.15, -0.1) is 11.3 Å². The highest BCUT2D eigenvalue weighted by Gasteiger charge is 2.23. The molecule has 1 amide bonds. The van der Waals surface area contributed by atoms with E-state index in [4.69, 9.17) is 25.8 Å². The minimum Gasteiger partial charge on any atom is -0.493 e. The Bertz CT molecular complexity index is 1030. The number of nitrogens with one attached hydrogen (secondary N) is 1. The Morgan fingerprint density at radius 3 is 2.43 bits per heavy atom. The molecule has 0 aliphatic carbocycles. The van der Waals surface area contributed by atoms with Crippen LogP contribution in [0.4, 0.5) is 5.00 Å². The maximum Gasteiger partial charge on any atom is 0.341 e. The Kier molecular flexibility index (Phi) is 7.32. The maximum absolute atomic E-state index is 12.6. The Hall–Kier alpha value is -3.03. The Labute approximate surface area is 183 Å². The van der Waals surface area contributed by atoms with Crippen LogP contribution in [0.25, 0.3) is 11.1 Å². The number of hydrogen-bond acceptors (Lipinski definition) is 6. The van der Waals surface area contributed by atoms with E-state index in [2.05, 4.69) is 5.32 Å². The normalized spacial score (nSPS) is 10.4. The topological polar surface area (TPSA) is 73.9 Å². The summed E-state index contributed by atoms with van der Waals surface area (Å²) in [6, 6.07) is 14.1. The summed E-state index contributed by atoms with van der Waals surface area (Å²) < 4.78 is 16.0. The lowest BCUT2D eigenvalue weighted by atomic mass is 10.0. The minimum absolute atomic E-state index is 0.221. The molecule has 3 rings (SSSR count). The lowest BCUT2D eigenvalue weighted by molar-refractivity contribution is -0.118. The van der Waals surface area contributed by atoms with Gasteiger partial charge in [-0.05, 0) is 36.8 Å². The molecule has 3 aromatic rings. The van der Waals surface area contributed by atoms with Crippen LogP contribution < -0.4 is 14.8 Å². The Morgan fingerprint density at radius 1 is 1.07 bits per heavy atom. The summed E-state index contributed by atoms with van der Waals surface area (Å²) in [5.41, 5.74) is 1.76. The van der Waals surface area contributed by atoms with Crippen LogP contribution in [0.1, 0.15) is 17.3 Å². The molecule has 0 saturated carbocycles. The number of thiophene rings is 1. The highest BCUT2D eigenvalue weighted by molar-refractivity contribution is 7.15. The van der Waals surface area contributed by atoms with Crippen LogP contribution in [-0.4, -0.2) is 32.2 Å². The van der Waals surface area contributed by atoms with Crippen LogP contribution >= 0.6 is 22.9 Å². The molecule has 0 aliphatic heterocycles. The average Bonchev–Trinajstić information content (AvgIpc) is 3.16.